The maximum absolute atomic E-state index is 11.5. The molecular weight excluding hydrogens is 246 g/mol. The molecule has 0 radical (unpaired) electrons. The first kappa shape index (κ1) is 13.3. The van der Waals surface area contributed by atoms with Gasteiger partial charge in [0.05, 0.1) is 7.11 Å². The monoisotopic (exact) mass is 257 g/mol. The lowest BCUT2D eigenvalue weighted by Crippen LogP contribution is -2.35. The number of carbonyl (C=O) groups excluding carboxylic acids is 2. The Morgan fingerprint density at radius 3 is 2.47 bits per heavy atom. The summed E-state index contributed by atoms with van der Waals surface area (Å²) in [5, 5.41) is 11.6. The number of halogens is 1. The van der Waals surface area contributed by atoms with Gasteiger partial charge in [-0.15, -0.1) is 11.6 Å². The van der Waals surface area contributed by atoms with Crippen molar-refractivity contribution in [2.75, 3.05) is 13.0 Å². The van der Waals surface area contributed by atoms with Crippen molar-refractivity contribution in [3.05, 3.63) is 29.8 Å². The van der Waals surface area contributed by atoms with Gasteiger partial charge in [-0.1, -0.05) is 12.1 Å². The number of phenols is 1. The minimum atomic E-state index is -0.924. The van der Waals surface area contributed by atoms with Crippen LogP contribution in [0.1, 0.15) is 11.6 Å². The number of esters is 1. The van der Waals surface area contributed by atoms with E-state index >= 15 is 0 Å². The van der Waals surface area contributed by atoms with Crippen molar-refractivity contribution in [3.63, 3.8) is 0 Å². The Balaban J connectivity index is 2.93. The average Bonchev–Trinajstić information content (AvgIpc) is 2.36. The number of benzene rings is 1. The van der Waals surface area contributed by atoms with Crippen LogP contribution in [-0.4, -0.2) is 30.0 Å². The molecule has 1 rings (SSSR count). The highest BCUT2D eigenvalue weighted by molar-refractivity contribution is 6.27. The van der Waals surface area contributed by atoms with Crippen molar-refractivity contribution in [2.24, 2.45) is 0 Å². The fraction of sp³-hybridized carbons (Fsp3) is 0.273. The average molecular weight is 258 g/mol. The molecule has 0 spiro atoms. The molecule has 1 aromatic rings. The maximum atomic E-state index is 11.5. The SMILES string of the molecule is COC(=O)[C@H](NC(=O)CCl)c1ccc(O)cc1. The smallest absolute Gasteiger partial charge is 0.333 e. The summed E-state index contributed by atoms with van der Waals surface area (Å²) in [6.07, 6.45) is 0. The number of methoxy groups -OCH3 is 1. The molecule has 1 aromatic carbocycles. The Morgan fingerprint density at radius 1 is 1.41 bits per heavy atom. The Bertz CT molecular complexity index is 404. The molecule has 0 heterocycles. The van der Waals surface area contributed by atoms with Gasteiger partial charge in [-0.3, -0.25) is 4.79 Å². The van der Waals surface area contributed by atoms with Gasteiger partial charge in [-0.25, -0.2) is 4.79 Å². The van der Waals surface area contributed by atoms with E-state index in [9.17, 15) is 9.59 Å². The van der Waals surface area contributed by atoms with Crippen LogP contribution in [0.3, 0.4) is 0 Å². The van der Waals surface area contributed by atoms with Crippen molar-refractivity contribution in [3.8, 4) is 5.75 Å². The molecular formula is C11H12ClNO4. The van der Waals surface area contributed by atoms with E-state index in [1.54, 1.807) is 0 Å². The predicted molar refractivity (Wildman–Crippen MR) is 61.7 cm³/mol. The van der Waals surface area contributed by atoms with E-state index in [4.69, 9.17) is 16.7 Å². The number of ether oxygens (including phenoxy) is 1. The standard InChI is InChI=1S/C11H12ClNO4/c1-17-11(16)10(13-9(15)6-12)7-2-4-8(14)5-3-7/h2-5,10,14H,6H2,1H3,(H,13,15)/t10-/m1/s1. The third kappa shape index (κ3) is 3.64. The molecule has 6 heteroatoms. The fourth-order valence-electron chi connectivity index (χ4n) is 1.26. The van der Waals surface area contributed by atoms with E-state index in [0.29, 0.717) is 5.56 Å². The van der Waals surface area contributed by atoms with Crippen molar-refractivity contribution in [2.45, 2.75) is 6.04 Å². The second-order valence-electron chi connectivity index (χ2n) is 3.25. The summed E-state index contributed by atoms with van der Waals surface area (Å²) in [4.78, 5) is 22.7. The third-order valence-electron chi connectivity index (χ3n) is 2.09. The zero-order valence-corrected chi connectivity index (χ0v) is 9.90. The van der Waals surface area contributed by atoms with Gasteiger partial charge in [0.25, 0.3) is 0 Å². The normalized spacial score (nSPS) is 11.6. The zero-order valence-electron chi connectivity index (χ0n) is 9.14. The molecule has 1 amide bonds. The first-order valence-electron chi connectivity index (χ1n) is 4.80. The number of hydrogen-bond acceptors (Lipinski definition) is 4. The van der Waals surface area contributed by atoms with Gasteiger partial charge in [0, 0.05) is 0 Å². The summed E-state index contributed by atoms with van der Waals surface area (Å²) in [7, 11) is 1.22. The van der Waals surface area contributed by atoms with Gasteiger partial charge in [-0.2, -0.15) is 0 Å². The van der Waals surface area contributed by atoms with Crippen molar-refractivity contribution < 1.29 is 19.4 Å². The quantitative estimate of drug-likeness (QED) is 0.622. The number of amides is 1. The molecule has 2 N–H and O–H groups in total. The van der Waals surface area contributed by atoms with Crippen LogP contribution >= 0.6 is 11.6 Å². The number of phenolic OH excluding ortho intramolecular Hbond substituents is 1. The molecule has 0 aromatic heterocycles. The van der Waals surface area contributed by atoms with Crippen molar-refractivity contribution in [1.29, 1.82) is 0 Å². The third-order valence-corrected chi connectivity index (χ3v) is 2.33. The highest BCUT2D eigenvalue weighted by Crippen LogP contribution is 2.18. The summed E-state index contributed by atoms with van der Waals surface area (Å²) in [6.45, 7) is 0. The van der Waals surface area contributed by atoms with Gasteiger partial charge in [0.1, 0.15) is 11.6 Å². The molecule has 0 unspecified atom stereocenters. The number of carbonyl (C=O) groups is 2. The van der Waals surface area contributed by atoms with Gasteiger partial charge in [0.15, 0.2) is 6.04 Å². The second-order valence-corrected chi connectivity index (χ2v) is 3.52. The van der Waals surface area contributed by atoms with Crippen LogP contribution in [0, 0.1) is 0 Å². The van der Waals surface area contributed by atoms with Crippen LogP contribution in [-0.2, 0) is 14.3 Å². The molecule has 0 aliphatic rings. The van der Waals surface area contributed by atoms with Crippen LogP contribution in [0.5, 0.6) is 5.75 Å². The number of rotatable bonds is 4. The molecule has 0 saturated heterocycles. The molecule has 0 saturated carbocycles. The van der Waals surface area contributed by atoms with E-state index < -0.39 is 17.9 Å². The van der Waals surface area contributed by atoms with Gasteiger partial charge < -0.3 is 15.2 Å². The summed E-state index contributed by atoms with van der Waals surface area (Å²) in [5.74, 6) is -1.25. The first-order chi connectivity index (χ1) is 8.08. The number of aromatic hydroxyl groups is 1. The van der Waals surface area contributed by atoms with Crippen LogP contribution in [0.25, 0.3) is 0 Å². The van der Waals surface area contributed by atoms with Crippen LogP contribution in [0.4, 0.5) is 0 Å². The Morgan fingerprint density at radius 2 is 2.00 bits per heavy atom. The minimum absolute atomic E-state index is 0.0704. The minimum Gasteiger partial charge on any atom is -0.508 e. The predicted octanol–water partition coefficient (Wildman–Crippen LogP) is 0.961. The number of nitrogens with one attached hydrogen (secondary N) is 1. The van der Waals surface area contributed by atoms with E-state index in [2.05, 4.69) is 10.1 Å². The van der Waals surface area contributed by atoms with Crippen molar-refractivity contribution in [1.82, 2.24) is 5.32 Å². The highest BCUT2D eigenvalue weighted by Gasteiger charge is 2.22. The number of alkyl halides is 1. The largest absolute Gasteiger partial charge is 0.508 e. The maximum Gasteiger partial charge on any atom is 0.333 e. The van der Waals surface area contributed by atoms with Crippen LogP contribution in [0.15, 0.2) is 24.3 Å². The van der Waals surface area contributed by atoms with Gasteiger partial charge in [-0.05, 0) is 17.7 Å². The molecule has 5 nitrogen and oxygen atoms in total. The summed E-state index contributed by atoms with van der Waals surface area (Å²) in [6, 6.07) is 4.94. The summed E-state index contributed by atoms with van der Waals surface area (Å²) < 4.78 is 4.58. The van der Waals surface area contributed by atoms with Crippen molar-refractivity contribution >= 4 is 23.5 Å². The molecule has 92 valence electrons. The Kier molecular flexibility index (Phi) is 4.78. The lowest BCUT2D eigenvalue weighted by atomic mass is 10.1. The lowest BCUT2D eigenvalue weighted by molar-refractivity contribution is -0.145. The molecule has 0 fully saturated rings. The molecule has 0 aliphatic carbocycles. The van der Waals surface area contributed by atoms with E-state index in [1.165, 1.54) is 31.4 Å². The van der Waals surface area contributed by atoms with Crippen LogP contribution < -0.4 is 5.32 Å². The van der Waals surface area contributed by atoms with E-state index in [-0.39, 0.29) is 11.6 Å². The Hall–Kier alpha value is -1.75. The fourth-order valence-corrected chi connectivity index (χ4v) is 1.34. The Labute approximate surface area is 103 Å². The topological polar surface area (TPSA) is 75.6 Å². The van der Waals surface area contributed by atoms with Gasteiger partial charge in [0.2, 0.25) is 5.91 Å². The first-order valence-corrected chi connectivity index (χ1v) is 5.34. The summed E-state index contributed by atoms with van der Waals surface area (Å²) >= 11 is 5.35. The number of hydrogen-bond donors (Lipinski definition) is 2. The second kappa shape index (κ2) is 6.10. The highest BCUT2D eigenvalue weighted by atomic mass is 35.5. The zero-order chi connectivity index (χ0) is 12.8. The van der Waals surface area contributed by atoms with E-state index in [1.807, 2.05) is 0 Å². The molecule has 1 atom stereocenters. The van der Waals surface area contributed by atoms with E-state index in [0.717, 1.165) is 0 Å². The molecule has 0 aliphatic heterocycles. The van der Waals surface area contributed by atoms with Crippen LogP contribution in [0.2, 0.25) is 0 Å². The molecule has 17 heavy (non-hydrogen) atoms. The lowest BCUT2D eigenvalue weighted by Gasteiger charge is -2.16. The van der Waals surface area contributed by atoms with Gasteiger partial charge >= 0.3 is 5.97 Å². The summed E-state index contributed by atoms with van der Waals surface area (Å²) in [5.41, 5.74) is 0.508. The molecule has 0 bridgehead atoms.